The molecule has 0 radical (unpaired) electrons. The maximum absolute atomic E-state index is 11.5. The number of hydrogen-bond acceptors (Lipinski definition) is 6. The summed E-state index contributed by atoms with van der Waals surface area (Å²) < 4.78 is 5.81. The maximum Gasteiger partial charge on any atom is 0.270 e. The van der Waals surface area contributed by atoms with Crippen molar-refractivity contribution in [1.29, 1.82) is 0 Å². The number of halogens is 2. The first-order valence-corrected chi connectivity index (χ1v) is 9.36. The second kappa shape index (κ2) is 9.39. The van der Waals surface area contributed by atoms with Crippen molar-refractivity contribution >= 4 is 41.0 Å². The van der Waals surface area contributed by atoms with Gasteiger partial charge in [0.25, 0.3) is 5.91 Å². The van der Waals surface area contributed by atoms with Gasteiger partial charge >= 0.3 is 0 Å². The van der Waals surface area contributed by atoms with Crippen molar-refractivity contribution in [2.24, 2.45) is 5.16 Å². The Morgan fingerprint density at radius 1 is 1.03 bits per heavy atom. The average Bonchev–Trinajstić information content (AvgIpc) is 2.69. The van der Waals surface area contributed by atoms with Crippen LogP contribution in [0.15, 0.2) is 59.8 Å². The highest BCUT2D eigenvalue weighted by Gasteiger charge is 2.14. The van der Waals surface area contributed by atoms with Gasteiger partial charge in [0.15, 0.2) is 5.75 Å². The number of hydrogen-bond donors (Lipinski definition) is 4. The van der Waals surface area contributed by atoms with E-state index in [0.717, 1.165) is 5.56 Å². The minimum atomic E-state index is -0.657. The summed E-state index contributed by atoms with van der Waals surface area (Å²) in [7, 11) is 0. The molecule has 0 unspecified atom stereocenters. The van der Waals surface area contributed by atoms with Gasteiger partial charge in [0, 0.05) is 17.7 Å². The fourth-order valence-electron chi connectivity index (χ4n) is 2.68. The molecule has 0 fully saturated rings. The summed E-state index contributed by atoms with van der Waals surface area (Å²) in [4.78, 5) is 11.5. The average molecular weight is 447 g/mol. The third-order valence-electron chi connectivity index (χ3n) is 4.04. The number of nitrogens with zero attached hydrogens (tertiary/aromatic N) is 1. The van der Waals surface area contributed by atoms with Crippen LogP contribution in [0.2, 0.25) is 10.0 Å². The molecule has 7 nitrogen and oxygen atoms in total. The van der Waals surface area contributed by atoms with Gasteiger partial charge < -0.3 is 25.5 Å². The number of rotatable bonds is 6. The van der Waals surface area contributed by atoms with Crippen molar-refractivity contribution in [1.82, 2.24) is 0 Å². The van der Waals surface area contributed by atoms with Crippen LogP contribution in [0.25, 0.3) is 0 Å². The molecular weight excluding hydrogens is 431 g/mol. The summed E-state index contributed by atoms with van der Waals surface area (Å²) in [6.07, 6.45) is 1.11. The Kier molecular flexibility index (Phi) is 6.66. The Bertz CT molecular complexity index is 1080. The Balaban J connectivity index is 1.82. The molecule has 3 rings (SSSR count). The summed E-state index contributed by atoms with van der Waals surface area (Å²) in [6, 6.07) is 14.2. The van der Waals surface area contributed by atoms with Crippen LogP contribution in [0.3, 0.4) is 0 Å². The van der Waals surface area contributed by atoms with E-state index in [1.165, 1.54) is 18.2 Å². The Hall–Kier alpha value is -3.42. The lowest BCUT2D eigenvalue weighted by molar-refractivity contribution is -0.110. The summed E-state index contributed by atoms with van der Waals surface area (Å²) in [5.74, 6) is 0.169. The number of ether oxygens (including phenoxy) is 1. The largest absolute Gasteiger partial charge is 0.508 e. The van der Waals surface area contributed by atoms with Crippen LogP contribution < -0.4 is 10.1 Å². The Labute approximate surface area is 181 Å². The number of nitrogens with one attached hydrogen (secondary N) is 1. The van der Waals surface area contributed by atoms with Gasteiger partial charge in [0.05, 0.1) is 10.0 Å². The number of phenolic OH excluding ortho intramolecular Hbond substituents is 2. The zero-order valence-corrected chi connectivity index (χ0v) is 16.9. The molecule has 1 amide bonds. The van der Waals surface area contributed by atoms with Gasteiger partial charge in [-0.15, -0.1) is 0 Å². The first-order chi connectivity index (χ1) is 14.4. The van der Waals surface area contributed by atoms with Crippen molar-refractivity contribution in [3.8, 4) is 23.0 Å². The fraction of sp³-hybridized carbons (Fsp3) is 0.0476. The lowest BCUT2D eigenvalue weighted by atomic mass is 10.0. The van der Waals surface area contributed by atoms with Gasteiger partial charge in [0.1, 0.15) is 23.5 Å². The number of aromatic hydroxyl groups is 2. The van der Waals surface area contributed by atoms with Crippen molar-refractivity contribution in [2.75, 3.05) is 5.32 Å². The molecule has 0 aliphatic rings. The van der Waals surface area contributed by atoms with Gasteiger partial charge in [-0.2, -0.15) is 0 Å². The van der Waals surface area contributed by atoms with E-state index in [9.17, 15) is 15.0 Å². The number of anilines is 1. The van der Waals surface area contributed by atoms with Gasteiger partial charge in [-0.25, -0.2) is 0 Å². The van der Waals surface area contributed by atoms with Crippen molar-refractivity contribution in [3.05, 3.63) is 75.8 Å². The fourth-order valence-corrected chi connectivity index (χ4v) is 3.24. The number of phenols is 2. The predicted octanol–water partition coefficient (Wildman–Crippen LogP) is 5.19. The van der Waals surface area contributed by atoms with Crippen LogP contribution in [0, 0.1) is 0 Å². The van der Waals surface area contributed by atoms with Crippen LogP contribution >= 0.6 is 23.2 Å². The monoisotopic (exact) mass is 446 g/mol. The number of amides is 1. The zero-order valence-electron chi connectivity index (χ0n) is 15.3. The minimum absolute atomic E-state index is 0.0937. The topological polar surface area (TPSA) is 111 Å². The second-order valence-electron chi connectivity index (χ2n) is 6.24. The van der Waals surface area contributed by atoms with E-state index in [1.807, 2.05) is 0 Å². The normalized spacial score (nSPS) is 10.9. The predicted molar refractivity (Wildman–Crippen MR) is 114 cm³/mol. The molecule has 0 atom stereocenters. The third-order valence-corrected chi connectivity index (χ3v) is 4.60. The summed E-state index contributed by atoms with van der Waals surface area (Å²) >= 11 is 12.5. The van der Waals surface area contributed by atoms with Gasteiger partial charge in [0.2, 0.25) is 0 Å². The highest BCUT2D eigenvalue weighted by Crippen LogP contribution is 2.39. The summed E-state index contributed by atoms with van der Waals surface area (Å²) in [5.41, 5.74) is 1.79. The molecule has 3 aromatic rings. The molecule has 0 saturated heterocycles. The molecule has 0 aliphatic heterocycles. The molecule has 0 heterocycles. The van der Waals surface area contributed by atoms with E-state index in [1.54, 1.807) is 36.4 Å². The molecule has 0 bridgehead atoms. The van der Waals surface area contributed by atoms with E-state index >= 15 is 0 Å². The molecule has 0 aromatic heterocycles. The van der Waals surface area contributed by atoms with E-state index in [4.69, 9.17) is 33.1 Å². The number of benzene rings is 3. The van der Waals surface area contributed by atoms with Crippen molar-refractivity contribution in [3.63, 3.8) is 0 Å². The minimum Gasteiger partial charge on any atom is -0.508 e. The molecular formula is C21H16Cl2N2O5. The smallest absolute Gasteiger partial charge is 0.270 e. The summed E-state index contributed by atoms with van der Waals surface area (Å²) in [5, 5.41) is 33.3. The van der Waals surface area contributed by atoms with Crippen LogP contribution in [0.5, 0.6) is 23.0 Å². The van der Waals surface area contributed by atoms with Crippen LogP contribution in [-0.2, 0) is 11.2 Å². The first kappa shape index (κ1) is 21.3. The lowest BCUT2D eigenvalue weighted by Gasteiger charge is -2.13. The van der Waals surface area contributed by atoms with Gasteiger partial charge in [-0.05, 0) is 48.0 Å². The van der Waals surface area contributed by atoms with E-state index in [-0.39, 0.29) is 27.3 Å². The standard InChI is InChI=1S/C21H16Cl2N2O5/c22-17-9-14(25-20(28)11-24-29)10-18(23)21(17)30-16-5-6-19(27)13(8-16)7-12-1-3-15(26)4-2-12/h1-6,8-11,26-27,29H,7H2,(H,25,28)/b24-11+. The lowest BCUT2D eigenvalue weighted by Crippen LogP contribution is -2.12. The second-order valence-corrected chi connectivity index (χ2v) is 7.05. The quantitative estimate of drug-likeness (QED) is 0.236. The molecule has 9 heteroatoms. The maximum atomic E-state index is 11.5. The van der Waals surface area contributed by atoms with Gasteiger partial charge in [-0.3, -0.25) is 4.79 Å². The van der Waals surface area contributed by atoms with Crippen LogP contribution in [0.4, 0.5) is 5.69 Å². The van der Waals surface area contributed by atoms with Crippen molar-refractivity contribution in [2.45, 2.75) is 6.42 Å². The molecule has 3 aromatic carbocycles. The first-order valence-electron chi connectivity index (χ1n) is 8.61. The third kappa shape index (κ3) is 5.34. The number of carbonyl (C=O) groups is 1. The molecule has 0 spiro atoms. The van der Waals surface area contributed by atoms with E-state index in [2.05, 4.69) is 10.5 Å². The Morgan fingerprint density at radius 2 is 1.70 bits per heavy atom. The molecule has 30 heavy (non-hydrogen) atoms. The number of carbonyl (C=O) groups excluding carboxylic acids is 1. The van der Waals surface area contributed by atoms with Crippen LogP contribution in [0.1, 0.15) is 11.1 Å². The Morgan fingerprint density at radius 3 is 2.33 bits per heavy atom. The molecule has 0 saturated carbocycles. The van der Waals surface area contributed by atoms with Gasteiger partial charge in [-0.1, -0.05) is 40.5 Å². The van der Waals surface area contributed by atoms with Crippen molar-refractivity contribution < 1.29 is 25.0 Å². The molecule has 0 aliphatic carbocycles. The van der Waals surface area contributed by atoms with Crippen LogP contribution in [-0.4, -0.2) is 27.5 Å². The highest BCUT2D eigenvalue weighted by molar-refractivity contribution is 6.38. The molecule has 154 valence electrons. The van der Waals surface area contributed by atoms with E-state index in [0.29, 0.717) is 29.6 Å². The summed E-state index contributed by atoms with van der Waals surface area (Å²) in [6.45, 7) is 0. The highest BCUT2D eigenvalue weighted by atomic mass is 35.5. The zero-order chi connectivity index (χ0) is 21.7. The molecule has 4 N–H and O–H groups in total. The van der Waals surface area contributed by atoms with E-state index < -0.39 is 5.91 Å². The SMILES string of the molecule is O=C(/C=N/O)Nc1cc(Cl)c(Oc2ccc(O)c(Cc3ccc(O)cc3)c2)c(Cl)c1. The number of oxime groups is 1.